The smallest absolute Gasteiger partial charge is 0.295 e. The van der Waals surface area contributed by atoms with Crippen LogP contribution in [0.1, 0.15) is 6.42 Å². The Morgan fingerprint density at radius 1 is 1.70 bits per heavy atom. The minimum absolute atomic E-state index is 0.0749. The average Bonchev–Trinajstić information content (AvgIpc) is 1.87. The predicted octanol–water partition coefficient (Wildman–Crippen LogP) is -0.876. The molecule has 0 aromatic rings. The second kappa shape index (κ2) is 6.24. The lowest BCUT2D eigenvalue weighted by Gasteiger charge is -1.99. The Morgan fingerprint density at radius 3 is 2.90 bits per heavy atom. The molecule has 0 bridgehead atoms. The van der Waals surface area contributed by atoms with Crippen LogP contribution in [0.15, 0.2) is 0 Å². The highest BCUT2D eigenvalue weighted by Gasteiger charge is 1.91. The molecule has 0 aromatic heterocycles. The number of hydrogen-bond acceptors (Lipinski definition) is 5. The molecule has 0 spiro atoms. The molecule has 0 radical (unpaired) electrons. The highest BCUT2D eigenvalue weighted by molar-refractivity contribution is 4.37. The minimum Gasteiger partial charge on any atom is -0.396 e. The van der Waals surface area contributed by atoms with Crippen molar-refractivity contribution in [2.75, 3.05) is 19.9 Å². The summed E-state index contributed by atoms with van der Waals surface area (Å²) in [5.74, 6) is 0. The molecular formula is C4H10N2O4. The number of aliphatic hydroxyl groups is 1. The second-order valence-corrected chi connectivity index (χ2v) is 1.57. The van der Waals surface area contributed by atoms with Crippen LogP contribution in [-0.4, -0.2) is 30.1 Å². The number of nitrogens with zero attached hydrogens (tertiary/aromatic N) is 1. The van der Waals surface area contributed by atoms with Crippen LogP contribution in [0.4, 0.5) is 0 Å². The summed E-state index contributed by atoms with van der Waals surface area (Å²) in [7, 11) is 0. The molecule has 0 aromatic carbocycles. The molecule has 10 heavy (non-hydrogen) atoms. The standard InChI is InChI=1S/C4H10N2O4/c7-3-1-2-5-4-10-6(8)9/h5,7H,1-4H2. The first-order valence-electron chi connectivity index (χ1n) is 2.86. The van der Waals surface area contributed by atoms with Gasteiger partial charge in [-0.25, -0.2) is 0 Å². The summed E-state index contributed by atoms with van der Waals surface area (Å²) >= 11 is 0. The van der Waals surface area contributed by atoms with Crippen molar-refractivity contribution in [1.82, 2.24) is 5.32 Å². The molecule has 0 saturated carbocycles. The first kappa shape index (κ1) is 9.12. The largest absolute Gasteiger partial charge is 0.396 e. The Kier molecular flexibility index (Phi) is 5.69. The van der Waals surface area contributed by atoms with E-state index in [0.717, 1.165) is 0 Å². The SMILES string of the molecule is O=[N+]([O-])OCNCCCO. The predicted molar refractivity (Wildman–Crippen MR) is 32.7 cm³/mol. The highest BCUT2D eigenvalue weighted by Crippen LogP contribution is 1.73. The Hall–Kier alpha value is -0.880. The van der Waals surface area contributed by atoms with E-state index in [-0.39, 0.29) is 13.3 Å². The van der Waals surface area contributed by atoms with E-state index in [1.54, 1.807) is 0 Å². The lowest BCUT2D eigenvalue weighted by atomic mass is 10.5. The molecule has 2 N–H and O–H groups in total. The normalized spacial score (nSPS) is 9.30. The fraction of sp³-hybridized carbons (Fsp3) is 1.00. The van der Waals surface area contributed by atoms with Gasteiger partial charge in [0.1, 0.15) is 6.73 Å². The molecule has 0 unspecified atom stereocenters. The maximum absolute atomic E-state index is 9.53. The summed E-state index contributed by atoms with van der Waals surface area (Å²) < 4.78 is 0. The molecule has 0 rings (SSSR count). The van der Waals surface area contributed by atoms with E-state index in [1.807, 2.05) is 0 Å². The third kappa shape index (κ3) is 7.12. The van der Waals surface area contributed by atoms with Crippen LogP contribution >= 0.6 is 0 Å². The number of hydrogen-bond donors (Lipinski definition) is 2. The van der Waals surface area contributed by atoms with Crippen LogP contribution in [0.25, 0.3) is 0 Å². The van der Waals surface area contributed by atoms with E-state index in [4.69, 9.17) is 5.11 Å². The lowest BCUT2D eigenvalue weighted by molar-refractivity contribution is -0.759. The van der Waals surface area contributed by atoms with Crippen molar-refractivity contribution < 1.29 is 15.0 Å². The second-order valence-electron chi connectivity index (χ2n) is 1.57. The highest BCUT2D eigenvalue weighted by atomic mass is 17.0. The van der Waals surface area contributed by atoms with Gasteiger partial charge in [0, 0.05) is 6.61 Å². The number of rotatable bonds is 6. The first-order chi connectivity index (χ1) is 4.77. The average molecular weight is 150 g/mol. The van der Waals surface area contributed by atoms with Crippen molar-refractivity contribution >= 4 is 0 Å². The van der Waals surface area contributed by atoms with E-state index >= 15 is 0 Å². The zero-order valence-corrected chi connectivity index (χ0v) is 5.45. The minimum atomic E-state index is -0.869. The molecule has 0 aliphatic rings. The van der Waals surface area contributed by atoms with E-state index in [9.17, 15) is 10.1 Å². The molecule has 0 aliphatic heterocycles. The fourth-order valence-electron chi connectivity index (χ4n) is 0.375. The van der Waals surface area contributed by atoms with Crippen molar-refractivity contribution in [3.05, 3.63) is 10.1 Å². The van der Waals surface area contributed by atoms with Crippen molar-refractivity contribution in [3.63, 3.8) is 0 Å². The van der Waals surface area contributed by atoms with Crippen molar-refractivity contribution in [2.45, 2.75) is 6.42 Å². The van der Waals surface area contributed by atoms with Crippen LogP contribution in [0, 0.1) is 10.1 Å². The van der Waals surface area contributed by atoms with Gasteiger partial charge in [0.2, 0.25) is 0 Å². The van der Waals surface area contributed by atoms with Gasteiger partial charge < -0.3 is 5.11 Å². The molecule has 0 atom stereocenters. The van der Waals surface area contributed by atoms with E-state index in [1.165, 1.54) is 0 Å². The Labute approximate surface area is 57.9 Å². The van der Waals surface area contributed by atoms with Gasteiger partial charge in [0.05, 0.1) is 0 Å². The molecular weight excluding hydrogens is 140 g/mol. The van der Waals surface area contributed by atoms with Gasteiger partial charge in [-0.1, -0.05) is 0 Å². The molecule has 0 heterocycles. The number of aliphatic hydroxyl groups excluding tert-OH is 1. The topological polar surface area (TPSA) is 84.6 Å². The molecule has 0 amide bonds. The summed E-state index contributed by atoms with van der Waals surface area (Å²) in [6, 6.07) is 0. The van der Waals surface area contributed by atoms with Gasteiger partial charge in [0.15, 0.2) is 0 Å². The zero-order valence-electron chi connectivity index (χ0n) is 5.45. The van der Waals surface area contributed by atoms with Crippen LogP contribution in [0.2, 0.25) is 0 Å². The maximum atomic E-state index is 9.53. The van der Waals surface area contributed by atoms with Gasteiger partial charge in [-0.3, -0.25) is 10.2 Å². The van der Waals surface area contributed by atoms with Crippen molar-refractivity contribution in [3.8, 4) is 0 Å². The monoisotopic (exact) mass is 150 g/mol. The molecule has 0 aliphatic carbocycles. The molecule has 60 valence electrons. The van der Waals surface area contributed by atoms with E-state index in [0.29, 0.717) is 13.0 Å². The first-order valence-corrected chi connectivity index (χ1v) is 2.86. The quantitative estimate of drug-likeness (QED) is 0.222. The van der Waals surface area contributed by atoms with E-state index in [2.05, 4.69) is 10.2 Å². The van der Waals surface area contributed by atoms with Gasteiger partial charge in [0.25, 0.3) is 5.09 Å². The summed E-state index contributed by atoms with van der Waals surface area (Å²) in [6.07, 6.45) is 0.571. The molecule has 0 fully saturated rings. The van der Waals surface area contributed by atoms with Crippen LogP contribution < -0.4 is 5.32 Å². The van der Waals surface area contributed by atoms with Crippen molar-refractivity contribution in [2.24, 2.45) is 0 Å². The van der Waals surface area contributed by atoms with Gasteiger partial charge in [-0.05, 0) is 13.0 Å². The molecule has 6 heteroatoms. The lowest BCUT2D eigenvalue weighted by Crippen LogP contribution is -2.21. The third-order valence-electron chi connectivity index (χ3n) is 0.784. The number of nitrogens with one attached hydrogen (secondary N) is 1. The van der Waals surface area contributed by atoms with E-state index < -0.39 is 5.09 Å². The third-order valence-corrected chi connectivity index (χ3v) is 0.784. The zero-order chi connectivity index (χ0) is 7.82. The summed E-state index contributed by atoms with van der Waals surface area (Å²) in [6.45, 7) is 0.475. The molecule has 0 saturated heterocycles. The van der Waals surface area contributed by atoms with Gasteiger partial charge in [-0.2, -0.15) is 0 Å². The van der Waals surface area contributed by atoms with Crippen molar-refractivity contribution in [1.29, 1.82) is 0 Å². The van der Waals surface area contributed by atoms with Gasteiger partial charge >= 0.3 is 0 Å². The van der Waals surface area contributed by atoms with Crippen LogP contribution in [-0.2, 0) is 4.84 Å². The fourth-order valence-corrected chi connectivity index (χ4v) is 0.375. The Balaban J connectivity index is 2.84. The Bertz CT molecular complexity index is 97.3. The summed E-state index contributed by atoms with van der Waals surface area (Å²) in [5.41, 5.74) is 0. The summed E-state index contributed by atoms with van der Waals surface area (Å²) in [4.78, 5) is 13.4. The maximum Gasteiger partial charge on any atom is 0.295 e. The van der Waals surface area contributed by atoms with Gasteiger partial charge in [-0.15, -0.1) is 10.1 Å². The van der Waals surface area contributed by atoms with Crippen LogP contribution in [0.3, 0.4) is 0 Å². The Morgan fingerprint density at radius 2 is 2.40 bits per heavy atom. The summed E-state index contributed by atoms with van der Waals surface area (Å²) in [5, 5.41) is 19.5. The molecule has 6 nitrogen and oxygen atoms in total. The van der Waals surface area contributed by atoms with Crippen LogP contribution in [0.5, 0.6) is 0 Å².